The summed E-state index contributed by atoms with van der Waals surface area (Å²) < 4.78 is 0. The van der Waals surface area contributed by atoms with Gasteiger partial charge in [0.25, 0.3) is 0 Å². The third kappa shape index (κ3) is 5.11. The van der Waals surface area contributed by atoms with Crippen LogP contribution in [0.5, 0.6) is 5.75 Å². The number of amides is 2. The van der Waals surface area contributed by atoms with Crippen molar-refractivity contribution in [1.29, 1.82) is 5.26 Å². The number of phenolic OH excluding ortho intramolecular Hbond substituents is 1. The number of nitrogens with one attached hydrogen (secondary N) is 2. The summed E-state index contributed by atoms with van der Waals surface area (Å²) in [6.45, 7) is 0. The third-order valence-electron chi connectivity index (χ3n) is 4.98. The van der Waals surface area contributed by atoms with Gasteiger partial charge in [-0.15, -0.1) is 11.3 Å². The van der Waals surface area contributed by atoms with E-state index >= 15 is 0 Å². The van der Waals surface area contributed by atoms with Gasteiger partial charge in [0.1, 0.15) is 11.8 Å². The summed E-state index contributed by atoms with van der Waals surface area (Å²) in [5.74, 6) is -0.648. The van der Waals surface area contributed by atoms with Crippen LogP contribution in [0, 0.1) is 17.2 Å². The van der Waals surface area contributed by atoms with Gasteiger partial charge < -0.3 is 15.7 Å². The summed E-state index contributed by atoms with van der Waals surface area (Å²) in [5, 5.41) is 26.8. The summed E-state index contributed by atoms with van der Waals surface area (Å²) in [6.07, 6.45) is 3.61. The van der Waals surface area contributed by atoms with Crippen molar-refractivity contribution < 1.29 is 14.7 Å². The average Bonchev–Trinajstić information content (AvgIpc) is 3.19. The molecule has 0 radical (unpaired) electrons. The number of hydrogen-bond donors (Lipinski definition) is 3. The molecule has 0 spiro atoms. The van der Waals surface area contributed by atoms with Gasteiger partial charge >= 0.3 is 0 Å². The molecule has 2 aromatic rings. The van der Waals surface area contributed by atoms with Crippen LogP contribution in [-0.2, 0) is 16.0 Å². The molecule has 1 unspecified atom stereocenters. The Labute approximate surface area is 168 Å². The molecule has 1 heterocycles. The Bertz CT molecular complexity index is 860. The molecule has 1 aliphatic rings. The molecule has 7 heteroatoms. The fourth-order valence-electron chi connectivity index (χ4n) is 3.59. The monoisotopic (exact) mass is 397 g/mol. The van der Waals surface area contributed by atoms with Crippen molar-refractivity contribution in [1.82, 2.24) is 10.6 Å². The Hall–Kier alpha value is -2.85. The highest BCUT2D eigenvalue weighted by atomic mass is 32.1. The predicted octanol–water partition coefficient (Wildman–Crippen LogP) is 3.05. The highest BCUT2D eigenvalue weighted by molar-refractivity contribution is 7.10. The number of carbonyl (C=O) groups excluding carboxylic acids is 2. The van der Waals surface area contributed by atoms with Crippen LogP contribution in [0.25, 0.3) is 0 Å². The van der Waals surface area contributed by atoms with E-state index in [9.17, 15) is 20.0 Å². The minimum atomic E-state index is -0.844. The lowest BCUT2D eigenvalue weighted by Gasteiger charge is -2.31. The molecule has 0 saturated heterocycles. The highest BCUT2D eigenvalue weighted by Crippen LogP contribution is 2.26. The number of carbonyl (C=O) groups is 2. The van der Waals surface area contributed by atoms with Crippen LogP contribution in [0.2, 0.25) is 0 Å². The van der Waals surface area contributed by atoms with Gasteiger partial charge in [0.15, 0.2) is 0 Å². The molecule has 2 amide bonds. The minimum absolute atomic E-state index is 0.0448. The van der Waals surface area contributed by atoms with Crippen LogP contribution < -0.4 is 10.6 Å². The van der Waals surface area contributed by atoms with E-state index in [0.717, 1.165) is 24.1 Å². The quantitative estimate of drug-likeness (QED) is 0.697. The van der Waals surface area contributed by atoms with Crippen LogP contribution in [0.15, 0.2) is 41.8 Å². The first-order valence-electron chi connectivity index (χ1n) is 9.37. The average molecular weight is 398 g/mol. The smallest absolute Gasteiger partial charge is 0.226 e. The topological polar surface area (TPSA) is 102 Å². The number of thiophene rings is 1. The summed E-state index contributed by atoms with van der Waals surface area (Å²) in [6, 6.07) is 11.1. The van der Waals surface area contributed by atoms with Gasteiger partial charge in [-0.05, 0) is 42.0 Å². The maximum atomic E-state index is 12.9. The molecule has 3 N–H and O–H groups in total. The minimum Gasteiger partial charge on any atom is -0.508 e. The summed E-state index contributed by atoms with van der Waals surface area (Å²) in [4.78, 5) is 26.2. The van der Waals surface area contributed by atoms with Gasteiger partial charge in [-0.3, -0.25) is 9.59 Å². The summed E-state index contributed by atoms with van der Waals surface area (Å²) >= 11 is 1.53. The first-order valence-corrected chi connectivity index (χ1v) is 10.3. The molecular weight excluding hydrogens is 374 g/mol. The van der Waals surface area contributed by atoms with Gasteiger partial charge in [0.05, 0.1) is 18.4 Å². The zero-order valence-corrected chi connectivity index (χ0v) is 16.2. The fraction of sp³-hybridized carbons (Fsp3) is 0.381. The van der Waals surface area contributed by atoms with Crippen molar-refractivity contribution in [2.75, 3.05) is 0 Å². The lowest BCUT2D eigenvalue weighted by molar-refractivity contribution is -0.128. The number of rotatable bonds is 6. The molecule has 3 atom stereocenters. The first kappa shape index (κ1) is 19.9. The van der Waals surface area contributed by atoms with Crippen LogP contribution in [0.1, 0.15) is 42.2 Å². The zero-order chi connectivity index (χ0) is 19.9. The van der Waals surface area contributed by atoms with E-state index in [1.807, 2.05) is 17.5 Å². The number of aromatic hydroxyl groups is 1. The van der Waals surface area contributed by atoms with Gasteiger partial charge in [-0.2, -0.15) is 5.26 Å². The molecule has 28 heavy (non-hydrogen) atoms. The zero-order valence-electron chi connectivity index (χ0n) is 15.4. The molecule has 1 saturated carbocycles. The predicted molar refractivity (Wildman–Crippen MR) is 107 cm³/mol. The Morgan fingerprint density at radius 3 is 2.79 bits per heavy atom. The van der Waals surface area contributed by atoms with Crippen LogP contribution in [0.3, 0.4) is 0 Å². The third-order valence-corrected chi connectivity index (χ3v) is 5.86. The Kier molecular flexibility index (Phi) is 6.66. The van der Waals surface area contributed by atoms with Gasteiger partial charge in [0.2, 0.25) is 11.8 Å². The van der Waals surface area contributed by atoms with Gasteiger partial charge in [-0.25, -0.2) is 0 Å². The molecule has 1 aliphatic carbocycles. The molecule has 0 bridgehead atoms. The van der Waals surface area contributed by atoms with Crippen LogP contribution in [-0.4, -0.2) is 23.0 Å². The fourth-order valence-corrected chi connectivity index (χ4v) is 4.29. The number of benzene rings is 1. The van der Waals surface area contributed by atoms with E-state index in [2.05, 4.69) is 16.7 Å². The standard InChI is InChI=1S/C21H23N3O3S/c22-13-19(14-5-3-6-15(25)11-14)24-21(27)17-8-1-2-9-18(17)23-20(26)12-16-7-4-10-28-16/h3-7,10-11,17-19,25H,1-2,8-9,12H2,(H,23,26)(H,24,27)/t17-,18-,19?/m1/s1. The molecule has 1 aromatic heterocycles. The van der Waals surface area contributed by atoms with E-state index < -0.39 is 6.04 Å². The molecule has 6 nitrogen and oxygen atoms in total. The number of nitrogens with zero attached hydrogens (tertiary/aromatic N) is 1. The second-order valence-electron chi connectivity index (χ2n) is 6.99. The maximum absolute atomic E-state index is 12.9. The second kappa shape index (κ2) is 9.38. The first-order chi connectivity index (χ1) is 13.6. The van der Waals surface area contributed by atoms with E-state index in [1.54, 1.807) is 12.1 Å². The van der Waals surface area contributed by atoms with Crippen molar-refractivity contribution in [3.8, 4) is 11.8 Å². The second-order valence-corrected chi connectivity index (χ2v) is 8.02. The lowest BCUT2D eigenvalue weighted by atomic mass is 9.83. The molecule has 3 rings (SSSR count). The van der Waals surface area contributed by atoms with Crippen molar-refractivity contribution >= 4 is 23.2 Å². The number of hydrogen-bond acceptors (Lipinski definition) is 5. The highest BCUT2D eigenvalue weighted by Gasteiger charge is 2.33. The molecular formula is C21H23N3O3S. The van der Waals surface area contributed by atoms with Crippen LogP contribution >= 0.6 is 11.3 Å². The van der Waals surface area contributed by atoms with E-state index in [4.69, 9.17) is 0 Å². The van der Waals surface area contributed by atoms with E-state index in [-0.39, 0.29) is 29.5 Å². The SMILES string of the molecule is N#CC(NC(=O)[C@@H]1CCCC[C@H]1NC(=O)Cc1cccs1)c1cccc(O)c1. The number of nitriles is 1. The maximum Gasteiger partial charge on any atom is 0.226 e. The molecule has 0 aliphatic heterocycles. The normalized spacial score (nSPS) is 20.0. The van der Waals surface area contributed by atoms with Crippen LogP contribution in [0.4, 0.5) is 0 Å². The van der Waals surface area contributed by atoms with Crippen molar-refractivity contribution in [2.45, 2.75) is 44.2 Å². The lowest BCUT2D eigenvalue weighted by Crippen LogP contribution is -2.49. The van der Waals surface area contributed by atoms with Gasteiger partial charge in [-0.1, -0.05) is 31.0 Å². The number of phenols is 1. The van der Waals surface area contributed by atoms with E-state index in [0.29, 0.717) is 18.4 Å². The van der Waals surface area contributed by atoms with E-state index in [1.165, 1.54) is 23.5 Å². The molecule has 146 valence electrons. The van der Waals surface area contributed by atoms with Crippen molar-refractivity contribution in [3.05, 3.63) is 52.2 Å². The Morgan fingerprint density at radius 1 is 1.25 bits per heavy atom. The van der Waals surface area contributed by atoms with Crippen molar-refractivity contribution in [3.63, 3.8) is 0 Å². The summed E-state index contributed by atoms with van der Waals surface area (Å²) in [7, 11) is 0. The largest absolute Gasteiger partial charge is 0.508 e. The molecule has 1 fully saturated rings. The Morgan fingerprint density at radius 2 is 2.07 bits per heavy atom. The van der Waals surface area contributed by atoms with Crippen molar-refractivity contribution in [2.24, 2.45) is 5.92 Å². The Balaban J connectivity index is 1.64. The van der Waals surface area contributed by atoms with Gasteiger partial charge in [0, 0.05) is 10.9 Å². The summed E-state index contributed by atoms with van der Waals surface area (Å²) in [5.41, 5.74) is 0.532. The molecule has 1 aromatic carbocycles.